The van der Waals surface area contributed by atoms with Gasteiger partial charge in [-0.05, 0) is 48.5 Å². The summed E-state index contributed by atoms with van der Waals surface area (Å²) >= 11 is 1.35. The summed E-state index contributed by atoms with van der Waals surface area (Å²) in [6.07, 6.45) is 0. The van der Waals surface area contributed by atoms with Crippen LogP contribution in [0.15, 0.2) is 84.2 Å². The highest BCUT2D eigenvalue weighted by Gasteiger charge is 2.10. The molecule has 0 unspecified atom stereocenters. The van der Waals surface area contributed by atoms with E-state index in [1.54, 1.807) is 36.4 Å². The van der Waals surface area contributed by atoms with Crippen LogP contribution in [0.25, 0.3) is 11.3 Å². The first-order valence-corrected chi connectivity index (χ1v) is 9.69. The van der Waals surface area contributed by atoms with Crippen molar-refractivity contribution in [2.24, 2.45) is 0 Å². The summed E-state index contributed by atoms with van der Waals surface area (Å²) < 4.78 is 5.74. The van der Waals surface area contributed by atoms with Gasteiger partial charge < -0.3 is 4.74 Å². The monoisotopic (exact) mass is 397 g/mol. The molecular weight excluding hydrogens is 382 g/mol. The van der Waals surface area contributed by atoms with Crippen molar-refractivity contribution in [2.45, 2.75) is 0 Å². The van der Waals surface area contributed by atoms with Crippen molar-refractivity contribution in [1.82, 2.24) is 4.98 Å². The van der Waals surface area contributed by atoms with E-state index in [1.807, 2.05) is 47.8 Å². The van der Waals surface area contributed by atoms with Crippen LogP contribution in [0.3, 0.4) is 0 Å². The van der Waals surface area contributed by atoms with Crippen molar-refractivity contribution in [3.8, 4) is 28.8 Å². The molecule has 1 aromatic heterocycles. The number of hydrogen-bond acceptors (Lipinski definition) is 5. The first kappa shape index (κ1) is 18.4. The molecule has 4 aromatic rings. The molecule has 140 valence electrons. The SMILES string of the molecule is N#Cc1ccc(-c2csc(NC(=O)c3ccc(Oc4ccccc4)cc3)n2)cc1. The normalized spacial score (nSPS) is 10.2. The molecule has 0 spiro atoms. The van der Waals surface area contributed by atoms with E-state index in [1.165, 1.54) is 11.3 Å². The van der Waals surface area contributed by atoms with Crippen LogP contribution in [-0.2, 0) is 0 Å². The van der Waals surface area contributed by atoms with E-state index in [4.69, 9.17) is 10.00 Å². The largest absolute Gasteiger partial charge is 0.457 e. The van der Waals surface area contributed by atoms with Gasteiger partial charge in [-0.3, -0.25) is 10.1 Å². The number of carbonyl (C=O) groups excluding carboxylic acids is 1. The third-order valence-corrected chi connectivity index (χ3v) is 4.89. The zero-order chi connectivity index (χ0) is 20.1. The van der Waals surface area contributed by atoms with E-state index in [0.717, 1.165) is 17.0 Å². The van der Waals surface area contributed by atoms with Gasteiger partial charge in [0.05, 0.1) is 17.3 Å². The molecule has 0 saturated carbocycles. The first-order valence-electron chi connectivity index (χ1n) is 8.82. The van der Waals surface area contributed by atoms with Gasteiger partial charge in [-0.25, -0.2) is 4.98 Å². The van der Waals surface area contributed by atoms with Crippen LogP contribution in [0.4, 0.5) is 5.13 Å². The maximum absolute atomic E-state index is 12.5. The number of nitriles is 1. The lowest BCUT2D eigenvalue weighted by molar-refractivity contribution is 0.102. The average Bonchev–Trinajstić information content (AvgIpc) is 3.23. The molecule has 0 aliphatic heterocycles. The van der Waals surface area contributed by atoms with E-state index in [0.29, 0.717) is 22.0 Å². The number of carbonyl (C=O) groups is 1. The Morgan fingerprint density at radius 1 is 0.931 bits per heavy atom. The number of nitrogens with zero attached hydrogens (tertiary/aromatic N) is 2. The summed E-state index contributed by atoms with van der Waals surface area (Å²) in [5.74, 6) is 1.16. The third kappa shape index (κ3) is 4.49. The van der Waals surface area contributed by atoms with Gasteiger partial charge in [0.15, 0.2) is 5.13 Å². The standard InChI is InChI=1S/C23H15N3O2S/c24-14-16-6-8-17(9-7-16)21-15-29-23(25-21)26-22(27)18-10-12-20(13-11-18)28-19-4-2-1-3-5-19/h1-13,15H,(H,25,26,27). The minimum absolute atomic E-state index is 0.239. The van der Waals surface area contributed by atoms with E-state index >= 15 is 0 Å². The van der Waals surface area contributed by atoms with Crippen LogP contribution in [0, 0.1) is 11.3 Å². The van der Waals surface area contributed by atoms with Crippen LogP contribution in [0.2, 0.25) is 0 Å². The van der Waals surface area contributed by atoms with Gasteiger partial charge in [-0.2, -0.15) is 5.26 Å². The Bertz CT molecular complexity index is 1160. The molecule has 4 rings (SSSR count). The number of hydrogen-bond donors (Lipinski definition) is 1. The third-order valence-electron chi connectivity index (χ3n) is 4.13. The maximum atomic E-state index is 12.5. The number of aromatic nitrogens is 1. The molecule has 0 aliphatic rings. The highest BCUT2D eigenvalue weighted by molar-refractivity contribution is 7.14. The molecule has 0 fully saturated rings. The fourth-order valence-electron chi connectivity index (χ4n) is 2.65. The molecule has 0 bridgehead atoms. The second-order valence-electron chi connectivity index (χ2n) is 6.12. The van der Waals surface area contributed by atoms with Crippen molar-refractivity contribution in [3.63, 3.8) is 0 Å². The fraction of sp³-hybridized carbons (Fsp3) is 0. The molecule has 6 heteroatoms. The van der Waals surface area contributed by atoms with Gasteiger partial charge in [-0.1, -0.05) is 30.3 Å². The Labute approximate surface area is 171 Å². The summed E-state index contributed by atoms with van der Waals surface area (Å²) in [4.78, 5) is 16.9. The van der Waals surface area contributed by atoms with Crippen molar-refractivity contribution in [3.05, 3.63) is 95.4 Å². The lowest BCUT2D eigenvalue weighted by atomic mass is 10.1. The minimum Gasteiger partial charge on any atom is -0.457 e. The Hall–Kier alpha value is -3.95. The number of thiazole rings is 1. The zero-order valence-corrected chi connectivity index (χ0v) is 16.0. The molecule has 3 aromatic carbocycles. The van der Waals surface area contributed by atoms with Gasteiger partial charge in [0.25, 0.3) is 5.91 Å². The molecule has 1 heterocycles. The quantitative estimate of drug-likeness (QED) is 0.467. The number of amides is 1. The number of benzene rings is 3. The Morgan fingerprint density at radius 3 is 2.31 bits per heavy atom. The smallest absolute Gasteiger partial charge is 0.257 e. The summed E-state index contributed by atoms with van der Waals surface area (Å²) in [6.45, 7) is 0. The van der Waals surface area contributed by atoms with Crippen molar-refractivity contribution >= 4 is 22.4 Å². The molecular formula is C23H15N3O2S. The van der Waals surface area contributed by atoms with Gasteiger partial charge in [-0.15, -0.1) is 11.3 Å². The van der Waals surface area contributed by atoms with Gasteiger partial charge >= 0.3 is 0 Å². The predicted octanol–water partition coefficient (Wildman–Crippen LogP) is 5.73. The summed E-state index contributed by atoms with van der Waals surface area (Å²) in [6, 6.07) is 25.6. The number of nitrogens with one attached hydrogen (secondary N) is 1. The van der Waals surface area contributed by atoms with Crippen LogP contribution >= 0.6 is 11.3 Å². The van der Waals surface area contributed by atoms with Crippen LogP contribution in [0.1, 0.15) is 15.9 Å². The second kappa shape index (κ2) is 8.38. The molecule has 1 amide bonds. The molecule has 1 N–H and O–H groups in total. The number of ether oxygens (including phenoxy) is 1. The Morgan fingerprint density at radius 2 is 1.62 bits per heavy atom. The van der Waals surface area contributed by atoms with Gasteiger partial charge in [0.1, 0.15) is 11.5 Å². The highest BCUT2D eigenvalue weighted by atomic mass is 32.1. The lowest BCUT2D eigenvalue weighted by Gasteiger charge is -2.06. The molecule has 0 aliphatic carbocycles. The van der Waals surface area contributed by atoms with Gasteiger partial charge in [0.2, 0.25) is 0 Å². The average molecular weight is 397 g/mol. The summed E-state index contributed by atoms with van der Waals surface area (Å²) in [5.41, 5.74) is 2.75. The highest BCUT2D eigenvalue weighted by Crippen LogP contribution is 2.26. The zero-order valence-electron chi connectivity index (χ0n) is 15.2. The van der Waals surface area contributed by atoms with Crippen molar-refractivity contribution in [2.75, 3.05) is 5.32 Å². The van der Waals surface area contributed by atoms with Crippen LogP contribution < -0.4 is 10.1 Å². The first-order chi connectivity index (χ1) is 14.2. The number of anilines is 1. The number of para-hydroxylation sites is 1. The van der Waals surface area contributed by atoms with E-state index in [-0.39, 0.29) is 5.91 Å². The fourth-order valence-corrected chi connectivity index (χ4v) is 3.36. The minimum atomic E-state index is -0.239. The Kier molecular flexibility index (Phi) is 5.32. The van der Waals surface area contributed by atoms with E-state index in [9.17, 15) is 4.79 Å². The van der Waals surface area contributed by atoms with E-state index in [2.05, 4.69) is 16.4 Å². The summed E-state index contributed by atoms with van der Waals surface area (Å²) in [7, 11) is 0. The summed E-state index contributed by atoms with van der Waals surface area (Å²) in [5, 5.41) is 14.1. The van der Waals surface area contributed by atoms with Crippen molar-refractivity contribution in [1.29, 1.82) is 5.26 Å². The number of rotatable bonds is 5. The second-order valence-corrected chi connectivity index (χ2v) is 6.98. The van der Waals surface area contributed by atoms with E-state index < -0.39 is 0 Å². The van der Waals surface area contributed by atoms with Crippen LogP contribution in [-0.4, -0.2) is 10.9 Å². The van der Waals surface area contributed by atoms with Gasteiger partial charge in [0, 0.05) is 16.5 Å². The topological polar surface area (TPSA) is 75.0 Å². The molecule has 0 radical (unpaired) electrons. The molecule has 0 saturated heterocycles. The Balaban J connectivity index is 1.41. The lowest BCUT2D eigenvalue weighted by Crippen LogP contribution is -2.11. The predicted molar refractivity (Wildman–Crippen MR) is 113 cm³/mol. The molecule has 5 nitrogen and oxygen atoms in total. The maximum Gasteiger partial charge on any atom is 0.257 e. The molecule has 0 atom stereocenters. The van der Waals surface area contributed by atoms with Crippen LogP contribution in [0.5, 0.6) is 11.5 Å². The molecule has 29 heavy (non-hydrogen) atoms. The van der Waals surface area contributed by atoms with Crippen molar-refractivity contribution < 1.29 is 9.53 Å².